The zero-order chi connectivity index (χ0) is 14.0. The minimum absolute atomic E-state index is 0.0758. The molecule has 0 heterocycles. The van der Waals surface area contributed by atoms with Gasteiger partial charge in [-0.15, -0.1) is 0 Å². The first-order valence-electron chi connectivity index (χ1n) is 5.30. The molecule has 2 rings (SSSR count). The van der Waals surface area contributed by atoms with E-state index >= 15 is 0 Å². The summed E-state index contributed by atoms with van der Waals surface area (Å²) in [7, 11) is 0. The molecule has 0 atom stereocenters. The third kappa shape index (κ3) is 2.88. The van der Waals surface area contributed by atoms with Crippen molar-refractivity contribution in [2.45, 2.75) is 0 Å². The van der Waals surface area contributed by atoms with Gasteiger partial charge >= 0.3 is 0 Å². The average molecular weight is 344 g/mol. The van der Waals surface area contributed by atoms with Crippen LogP contribution < -0.4 is 11.1 Å². The Morgan fingerprint density at radius 2 is 1.95 bits per heavy atom. The molecule has 98 valence electrons. The molecule has 3 N–H and O–H groups in total. The Morgan fingerprint density at radius 3 is 2.68 bits per heavy atom. The summed E-state index contributed by atoms with van der Waals surface area (Å²) in [5.74, 6) is -1.13. The minimum atomic E-state index is -0.627. The molecule has 0 saturated carbocycles. The number of anilines is 2. The molecule has 0 bridgehead atoms. The maximum atomic E-state index is 13.3. The minimum Gasteiger partial charge on any atom is -0.396 e. The predicted octanol–water partition coefficient (Wildman–Crippen LogP) is 4.08. The van der Waals surface area contributed by atoms with Crippen molar-refractivity contribution in [1.29, 1.82) is 0 Å². The second-order valence-electron chi connectivity index (χ2n) is 3.76. The molecule has 1 amide bonds. The van der Waals surface area contributed by atoms with E-state index in [9.17, 15) is 9.18 Å². The van der Waals surface area contributed by atoms with E-state index in [4.69, 9.17) is 17.3 Å². The van der Waals surface area contributed by atoms with Gasteiger partial charge < -0.3 is 11.1 Å². The summed E-state index contributed by atoms with van der Waals surface area (Å²) in [6.07, 6.45) is 0. The molecule has 0 aliphatic heterocycles. The van der Waals surface area contributed by atoms with E-state index in [1.165, 1.54) is 18.2 Å². The fraction of sp³-hybridized carbons (Fsp3) is 0. The van der Waals surface area contributed by atoms with Gasteiger partial charge in [0.25, 0.3) is 5.91 Å². The van der Waals surface area contributed by atoms with E-state index in [-0.39, 0.29) is 11.3 Å². The Balaban J connectivity index is 2.31. The molecule has 19 heavy (non-hydrogen) atoms. The second kappa shape index (κ2) is 5.59. The molecule has 3 nitrogen and oxygen atoms in total. The van der Waals surface area contributed by atoms with E-state index in [1.54, 1.807) is 18.2 Å². The SMILES string of the molecule is Nc1c(F)cccc1C(=O)Nc1cccc(Cl)c1Br. The van der Waals surface area contributed by atoms with Crippen LogP contribution in [0.5, 0.6) is 0 Å². The number of hydrogen-bond acceptors (Lipinski definition) is 2. The van der Waals surface area contributed by atoms with E-state index < -0.39 is 11.7 Å². The Bertz CT molecular complexity index is 649. The summed E-state index contributed by atoms with van der Waals surface area (Å²) in [6, 6.07) is 9.11. The number of nitrogens with two attached hydrogens (primary N) is 1. The molecule has 0 unspecified atom stereocenters. The van der Waals surface area contributed by atoms with Gasteiger partial charge in [-0.05, 0) is 40.2 Å². The van der Waals surface area contributed by atoms with Gasteiger partial charge in [0.2, 0.25) is 0 Å². The van der Waals surface area contributed by atoms with Gasteiger partial charge in [-0.3, -0.25) is 4.79 Å². The third-order valence-corrected chi connectivity index (χ3v) is 3.89. The van der Waals surface area contributed by atoms with Crippen LogP contribution >= 0.6 is 27.5 Å². The lowest BCUT2D eigenvalue weighted by Crippen LogP contribution is -2.15. The van der Waals surface area contributed by atoms with Gasteiger partial charge in [-0.2, -0.15) is 0 Å². The van der Waals surface area contributed by atoms with Crippen LogP contribution in [0.4, 0.5) is 15.8 Å². The normalized spacial score (nSPS) is 10.3. The van der Waals surface area contributed by atoms with E-state index in [0.717, 1.165) is 0 Å². The maximum Gasteiger partial charge on any atom is 0.257 e. The Morgan fingerprint density at radius 1 is 1.26 bits per heavy atom. The number of para-hydroxylation sites is 1. The lowest BCUT2D eigenvalue weighted by molar-refractivity contribution is 0.102. The molecular formula is C13H9BrClFN2O. The molecule has 2 aromatic carbocycles. The maximum absolute atomic E-state index is 13.3. The first-order chi connectivity index (χ1) is 9.00. The van der Waals surface area contributed by atoms with Crippen LogP contribution in [-0.4, -0.2) is 5.91 Å². The summed E-state index contributed by atoms with van der Waals surface area (Å²) < 4.78 is 13.8. The number of nitrogens with one attached hydrogen (secondary N) is 1. The van der Waals surface area contributed by atoms with Crippen molar-refractivity contribution in [2.24, 2.45) is 0 Å². The molecule has 0 saturated heterocycles. The molecule has 0 radical (unpaired) electrons. The molecular weight excluding hydrogens is 335 g/mol. The summed E-state index contributed by atoms with van der Waals surface area (Å²) in [5.41, 5.74) is 5.91. The summed E-state index contributed by atoms with van der Waals surface area (Å²) in [4.78, 5) is 12.0. The monoisotopic (exact) mass is 342 g/mol. The zero-order valence-electron chi connectivity index (χ0n) is 9.58. The van der Waals surface area contributed by atoms with Crippen molar-refractivity contribution >= 4 is 44.8 Å². The van der Waals surface area contributed by atoms with Gasteiger partial charge in [0.05, 0.1) is 26.4 Å². The number of halogens is 3. The first kappa shape index (κ1) is 13.8. The van der Waals surface area contributed by atoms with Crippen molar-refractivity contribution < 1.29 is 9.18 Å². The van der Waals surface area contributed by atoms with Crippen LogP contribution in [0.2, 0.25) is 5.02 Å². The van der Waals surface area contributed by atoms with Crippen LogP contribution in [0.3, 0.4) is 0 Å². The third-order valence-electron chi connectivity index (χ3n) is 2.50. The second-order valence-corrected chi connectivity index (χ2v) is 4.96. The van der Waals surface area contributed by atoms with E-state index in [1.807, 2.05) is 0 Å². The Kier molecular flexibility index (Phi) is 4.07. The predicted molar refractivity (Wildman–Crippen MR) is 77.9 cm³/mol. The lowest BCUT2D eigenvalue weighted by Gasteiger charge is -2.10. The highest BCUT2D eigenvalue weighted by Gasteiger charge is 2.14. The van der Waals surface area contributed by atoms with Crippen LogP contribution in [-0.2, 0) is 0 Å². The number of rotatable bonds is 2. The summed E-state index contributed by atoms with van der Waals surface area (Å²) in [6.45, 7) is 0. The van der Waals surface area contributed by atoms with E-state index in [2.05, 4.69) is 21.2 Å². The van der Waals surface area contributed by atoms with Crippen molar-refractivity contribution in [3.8, 4) is 0 Å². The Labute approximate surface area is 122 Å². The zero-order valence-corrected chi connectivity index (χ0v) is 11.9. The van der Waals surface area contributed by atoms with Crippen molar-refractivity contribution in [1.82, 2.24) is 0 Å². The molecule has 0 aromatic heterocycles. The lowest BCUT2D eigenvalue weighted by atomic mass is 10.1. The smallest absolute Gasteiger partial charge is 0.257 e. The molecule has 0 aliphatic rings. The number of carbonyl (C=O) groups is 1. The summed E-state index contributed by atoms with van der Waals surface area (Å²) in [5, 5.41) is 3.08. The molecule has 0 fully saturated rings. The van der Waals surface area contributed by atoms with Crippen molar-refractivity contribution in [3.05, 3.63) is 57.3 Å². The highest BCUT2D eigenvalue weighted by molar-refractivity contribution is 9.10. The molecule has 0 spiro atoms. The Hall–Kier alpha value is -1.59. The fourth-order valence-corrected chi connectivity index (χ4v) is 2.06. The number of hydrogen-bond donors (Lipinski definition) is 2. The largest absolute Gasteiger partial charge is 0.396 e. The quantitative estimate of drug-likeness (QED) is 0.807. The molecule has 2 aromatic rings. The van der Waals surface area contributed by atoms with Gasteiger partial charge in [0.1, 0.15) is 5.82 Å². The van der Waals surface area contributed by atoms with Crippen LogP contribution in [0.1, 0.15) is 10.4 Å². The van der Waals surface area contributed by atoms with Crippen LogP contribution in [0.15, 0.2) is 40.9 Å². The number of carbonyl (C=O) groups excluding carboxylic acids is 1. The fourth-order valence-electron chi connectivity index (χ4n) is 1.53. The average Bonchev–Trinajstić information content (AvgIpc) is 2.38. The van der Waals surface area contributed by atoms with Crippen molar-refractivity contribution in [2.75, 3.05) is 11.1 Å². The van der Waals surface area contributed by atoms with Crippen LogP contribution in [0.25, 0.3) is 0 Å². The summed E-state index contributed by atoms with van der Waals surface area (Å²) >= 11 is 9.18. The number of amides is 1. The number of benzene rings is 2. The topological polar surface area (TPSA) is 55.1 Å². The standard InChI is InChI=1S/C13H9BrClFN2O/c14-11-8(15)4-2-6-10(11)18-13(19)7-3-1-5-9(16)12(7)17/h1-6H,17H2,(H,18,19). The molecule has 0 aliphatic carbocycles. The van der Waals surface area contributed by atoms with Crippen LogP contribution in [0, 0.1) is 5.82 Å². The van der Waals surface area contributed by atoms with E-state index in [0.29, 0.717) is 15.2 Å². The van der Waals surface area contributed by atoms with Gasteiger partial charge in [-0.25, -0.2) is 4.39 Å². The number of nitrogen functional groups attached to an aromatic ring is 1. The first-order valence-corrected chi connectivity index (χ1v) is 6.47. The van der Waals surface area contributed by atoms with Gasteiger partial charge in [-0.1, -0.05) is 23.7 Å². The highest BCUT2D eigenvalue weighted by Crippen LogP contribution is 2.30. The van der Waals surface area contributed by atoms with Gasteiger partial charge in [0, 0.05) is 0 Å². The van der Waals surface area contributed by atoms with Crippen molar-refractivity contribution in [3.63, 3.8) is 0 Å². The van der Waals surface area contributed by atoms with Gasteiger partial charge in [0.15, 0.2) is 0 Å². The highest BCUT2D eigenvalue weighted by atomic mass is 79.9. The molecule has 6 heteroatoms.